The van der Waals surface area contributed by atoms with Gasteiger partial charge in [-0.25, -0.2) is 4.98 Å². The highest BCUT2D eigenvalue weighted by Crippen LogP contribution is 2.44. The molecule has 2 unspecified atom stereocenters. The van der Waals surface area contributed by atoms with Gasteiger partial charge in [-0.3, -0.25) is 0 Å². The van der Waals surface area contributed by atoms with E-state index >= 15 is 0 Å². The van der Waals surface area contributed by atoms with Crippen molar-refractivity contribution in [3.8, 4) is 17.5 Å². The maximum absolute atomic E-state index is 13.7. The first-order valence-electron chi connectivity index (χ1n) is 9.81. The van der Waals surface area contributed by atoms with E-state index in [0.29, 0.717) is 6.07 Å². The third-order valence-corrected chi connectivity index (χ3v) is 4.41. The minimum atomic E-state index is -5.35. The average molecular weight is 442 g/mol. The highest BCUT2D eigenvalue weighted by Gasteiger charge is 2.58. The van der Waals surface area contributed by atoms with Crippen LogP contribution >= 0.6 is 0 Å². The number of aromatic nitrogens is 3. The third kappa shape index (κ3) is 4.16. The summed E-state index contributed by atoms with van der Waals surface area (Å²) >= 11 is 0. The highest BCUT2D eigenvalue weighted by atomic mass is 19.4. The van der Waals surface area contributed by atoms with Gasteiger partial charge < -0.3 is 20.0 Å². The molecule has 0 spiro atoms. The van der Waals surface area contributed by atoms with Crippen LogP contribution in [-0.2, 0) is 11.8 Å². The number of nitrogens with zero attached hydrogens (tertiary/aromatic N) is 3. The lowest BCUT2D eigenvalue weighted by molar-refractivity contribution is -0.277. The first-order valence-corrected chi connectivity index (χ1v) is 8.66. The predicted molar refractivity (Wildman–Crippen MR) is 90.1 cm³/mol. The lowest BCUT2D eigenvalue weighted by atomic mass is 9.94. The van der Waals surface area contributed by atoms with E-state index in [-0.39, 0.29) is 12.8 Å². The second-order valence-electron chi connectivity index (χ2n) is 6.73. The van der Waals surface area contributed by atoms with Crippen molar-refractivity contribution >= 4 is 5.69 Å². The van der Waals surface area contributed by atoms with Crippen molar-refractivity contribution in [3.05, 3.63) is 17.5 Å². The summed E-state index contributed by atoms with van der Waals surface area (Å²) in [5.74, 6) is -3.05. The molecule has 4 atom stereocenters. The molecular weight excluding hydrogens is 422 g/mol. The molecular formula is C17H18F6N4O3. The zero-order valence-corrected chi connectivity index (χ0v) is 15.4. The molecule has 13 heteroatoms. The molecule has 0 saturated carbocycles. The van der Waals surface area contributed by atoms with Gasteiger partial charge in [0.2, 0.25) is 11.5 Å². The Labute approximate surface area is 169 Å². The van der Waals surface area contributed by atoms with E-state index in [1.807, 2.05) is 0 Å². The fourth-order valence-corrected chi connectivity index (χ4v) is 2.74. The maximum Gasteiger partial charge on any atom is 0.426 e. The summed E-state index contributed by atoms with van der Waals surface area (Å²) in [6.45, 7) is 1.38. The number of aliphatic hydroxyl groups is 1. The van der Waals surface area contributed by atoms with Crippen molar-refractivity contribution in [1.29, 1.82) is 0 Å². The van der Waals surface area contributed by atoms with Gasteiger partial charge in [0.05, 0.1) is 11.8 Å². The predicted octanol–water partition coefficient (Wildman–Crippen LogP) is 4.21. The summed E-state index contributed by atoms with van der Waals surface area (Å²) in [6.07, 6.45) is -15.9. The van der Waals surface area contributed by atoms with Crippen LogP contribution in [0.1, 0.15) is 53.2 Å². The molecule has 0 fully saturated rings. The molecule has 2 aromatic heterocycles. The number of hydrogen-bond donors (Lipinski definition) is 2. The molecule has 2 aromatic rings. The largest absolute Gasteiger partial charge is 0.474 e. The number of fused-ring (bicyclic) bond motifs is 5. The van der Waals surface area contributed by atoms with Gasteiger partial charge in [-0.15, -0.1) is 10.2 Å². The summed E-state index contributed by atoms with van der Waals surface area (Å²) in [5, 5.41) is 16.9. The molecule has 0 radical (unpaired) electrons. The second-order valence-corrected chi connectivity index (χ2v) is 6.73. The molecule has 3 rings (SSSR count). The van der Waals surface area contributed by atoms with E-state index < -0.39 is 77.9 Å². The van der Waals surface area contributed by atoms with Gasteiger partial charge in [-0.2, -0.15) is 26.3 Å². The van der Waals surface area contributed by atoms with Crippen molar-refractivity contribution in [2.24, 2.45) is 0 Å². The minimum Gasteiger partial charge on any atom is -0.474 e. The quantitative estimate of drug-likeness (QED) is 0.589. The van der Waals surface area contributed by atoms with E-state index in [2.05, 4.69) is 15.2 Å². The second kappa shape index (κ2) is 7.60. The van der Waals surface area contributed by atoms with Crippen LogP contribution in [-0.4, -0.2) is 32.6 Å². The number of pyridine rings is 1. The molecule has 3 N–H and O–H groups in total. The number of ether oxygens (including phenoxy) is 1. The normalized spacial score (nSPS) is 29.4. The highest BCUT2D eigenvalue weighted by molar-refractivity contribution is 5.68. The Kier molecular flexibility index (Phi) is 4.91. The Morgan fingerprint density at radius 1 is 1.23 bits per heavy atom. The van der Waals surface area contributed by atoms with Gasteiger partial charge in [0.1, 0.15) is 5.56 Å². The molecule has 0 aliphatic carbocycles. The van der Waals surface area contributed by atoms with Crippen LogP contribution in [0.3, 0.4) is 0 Å². The molecule has 0 saturated heterocycles. The Morgan fingerprint density at radius 2 is 1.93 bits per heavy atom. The molecule has 1 aliphatic rings. The van der Waals surface area contributed by atoms with Crippen LogP contribution in [0.15, 0.2) is 10.5 Å². The van der Waals surface area contributed by atoms with Crippen LogP contribution < -0.4 is 10.5 Å². The zero-order valence-electron chi connectivity index (χ0n) is 17.4. The topological polar surface area (TPSA) is 107 Å². The first-order chi connectivity index (χ1) is 14.6. The number of hydrogen-bond acceptors (Lipinski definition) is 7. The van der Waals surface area contributed by atoms with Crippen LogP contribution in [0.25, 0.3) is 11.6 Å². The van der Waals surface area contributed by atoms with E-state index in [1.54, 1.807) is 0 Å². The molecule has 30 heavy (non-hydrogen) atoms. The molecule has 166 valence electrons. The van der Waals surface area contributed by atoms with Gasteiger partial charge in [-0.05, 0) is 38.6 Å². The average Bonchev–Trinajstić information content (AvgIpc) is 3.15. The monoisotopic (exact) mass is 442 g/mol. The number of halogens is 6. The minimum absolute atomic E-state index is 0.0644. The van der Waals surface area contributed by atoms with Gasteiger partial charge in [0.15, 0.2) is 5.69 Å². The van der Waals surface area contributed by atoms with E-state index in [4.69, 9.17) is 17.6 Å². The van der Waals surface area contributed by atoms with Crippen LogP contribution in [0.2, 0.25) is 0 Å². The van der Waals surface area contributed by atoms with Crippen molar-refractivity contribution < 1.29 is 43.3 Å². The molecule has 0 amide bonds. The molecule has 7 nitrogen and oxygen atoms in total. The van der Waals surface area contributed by atoms with Crippen LogP contribution in [0.5, 0.6) is 5.88 Å². The van der Waals surface area contributed by atoms with Crippen molar-refractivity contribution in [1.82, 2.24) is 15.2 Å². The van der Waals surface area contributed by atoms with E-state index in [0.717, 1.165) is 0 Å². The third-order valence-electron chi connectivity index (χ3n) is 4.41. The van der Waals surface area contributed by atoms with Gasteiger partial charge >= 0.3 is 12.4 Å². The van der Waals surface area contributed by atoms with Gasteiger partial charge in [0.25, 0.3) is 11.8 Å². The zero-order chi connectivity index (χ0) is 24.1. The van der Waals surface area contributed by atoms with Gasteiger partial charge in [0, 0.05) is 2.74 Å². The summed E-state index contributed by atoms with van der Waals surface area (Å²) < 4.78 is 107. The lowest BCUT2D eigenvalue weighted by Crippen LogP contribution is -2.42. The molecule has 4 bridgehead atoms. The fourth-order valence-electron chi connectivity index (χ4n) is 2.74. The SMILES string of the molecule is [2H]C1CC[C@@H](C)Oc2nc(c(N)cc2C(F)(F)F)-c2nnc(o2)[C@@](O)(C(F)(F)F)CC1[2H]. The number of nitrogens with two attached hydrogens (primary N) is 1. The smallest absolute Gasteiger partial charge is 0.426 e. The van der Waals surface area contributed by atoms with E-state index in [1.165, 1.54) is 6.92 Å². The summed E-state index contributed by atoms with van der Waals surface area (Å²) in [4.78, 5) is 3.66. The molecule has 3 heterocycles. The van der Waals surface area contributed by atoms with E-state index in [9.17, 15) is 31.4 Å². The number of alkyl halides is 6. The Balaban J connectivity index is 2.21. The number of rotatable bonds is 0. The molecule has 0 aromatic carbocycles. The maximum atomic E-state index is 13.7. The lowest BCUT2D eigenvalue weighted by Gasteiger charge is -2.27. The first kappa shape index (κ1) is 19.4. The molecule has 1 aliphatic heterocycles. The summed E-state index contributed by atoms with van der Waals surface area (Å²) in [7, 11) is 0. The number of nitrogen functional groups attached to an aromatic ring is 1. The Hall–Kier alpha value is -2.57. The van der Waals surface area contributed by atoms with Gasteiger partial charge in [-0.1, -0.05) is 6.40 Å². The standard InChI is InChI=1S/C17H18F6N4O3/c1-8-5-3-2-4-6-15(28,17(21,22)23)14-27-26-13(30-14)11-10(24)7-9(16(18,19)20)12(25-11)29-8/h7-8,28H,2-6,24H2,1H3/t8-,15-/m1/s1/i2D,4D/t2?,4?,8-,15-. The fraction of sp³-hybridized carbons (Fsp3) is 0.588. The van der Waals surface area contributed by atoms with Crippen molar-refractivity contribution in [2.75, 3.05) is 5.73 Å². The van der Waals surface area contributed by atoms with Crippen molar-refractivity contribution in [2.45, 2.75) is 63.0 Å². The van der Waals surface area contributed by atoms with Crippen LogP contribution in [0.4, 0.5) is 32.0 Å². The summed E-state index contributed by atoms with van der Waals surface area (Å²) in [6, 6.07) is 0.475. The van der Waals surface area contributed by atoms with Crippen molar-refractivity contribution in [3.63, 3.8) is 0 Å². The van der Waals surface area contributed by atoms with Crippen LogP contribution in [0, 0.1) is 0 Å². The Morgan fingerprint density at radius 3 is 2.57 bits per heavy atom. The Bertz CT molecular complexity index is 986. The summed E-state index contributed by atoms with van der Waals surface area (Å²) in [5.41, 5.74) is -0.675. The number of anilines is 1.